The van der Waals surface area contributed by atoms with Gasteiger partial charge in [-0.05, 0) is 27.8 Å². The Labute approximate surface area is 281 Å². The van der Waals surface area contributed by atoms with Gasteiger partial charge in [0.05, 0.1) is 32.7 Å². The molecular formula is C34H37N7O8. The second-order valence-electron chi connectivity index (χ2n) is 11.0. The zero-order valence-electron chi connectivity index (χ0n) is 26.5. The van der Waals surface area contributed by atoms with E-state index in [0.29, 0.717) is 0 Å². The number of fused-ring (bicyclic) bond motifs is 3. The Balaban J connectivity index is 1.23. The highest BCUT2D eigenvalue weighted by Crippen LogP contribution is 2.44. The van der Waals surface area contributed by atoms with Crippen LogP contribution in [0.5, 0.6) is 0 Å². The lowest BCUT2D eigenvalue weighted by molar-refractivity contribution is -0.129. The molecule has 0 saturated heterocycles. The van der Waals surface area contributed by atoms with Crippen LogP contribution in [-0.4, -0.2) is 86.9 Å². The molecule has 3 aromatic rings. The zero-order valence-corrected chi connectivity index (χ0v) is 26.5. The maximum absolute atomic E-state index is 13.1. The van der Waals surface area contributed by atoms with Crippen molar-refractivity contribution in [2.24, 2.45) is 5.73 Å². The number of nitrogens with one attached hydrogen (secondary N) is 6. The Morgan fingerprint density at radius 1 is 0.592 bits per heavy atom. The Bertz CT molecular complexity index is 1650. The molecule has 49 heavy (non-hydrogen) atoms. The van der Waals surface area contributed by atoms with E-state index in [1.54, 1.807) is 24.3 Å². The fraction of sp³-hybridized carbons (Fsp3) is 0.265. The summed E-state index contributed by atoms with van der Waals surface area (Å²) in [6, 6.07) is 23.7. The highest BCUT2D eigenvalue weighted by Gasteiger charge is 2.30. The van der Waals surface area contributed by atoms with Crippen molar-refractivity contribution in [3.05, 3.63) is 95.6 Å². The number of primary amides is 1. The topological polar surface area (TPSA) is 227 Å². The molecule has 15 nitrogen and oxygen atoms in total. The first kappa shape index (κ1) is 35.6. The predicted octanol–water partition coefficient (Wildman–Crippen LogP) is -0.797. The highest BCUT2D eigenvalue weighted by molar-refractivity contribution is 5.93. The summed E-state index contributed by atoms with van der Waals surface area (Å²) < 4.78 is 5.62. The number of hydrogen-bond donors (Lipinski definition) is 7. The van der Waals surface area contributed by atoms with Gasteiger partial charge in [-0.15, -0.1) is 0 Å². The number of rotatable bonds is 16. The zero-order chi connectivity index (χ0) is 35.2. The van der Waals surface area contributed by atoms with Crippen molar-refractivity contribution in [1.29, 1.82) is 0 Å². The van der Waals surface area contributed by atoms with Crippen LogP contribution in [0, 0.1) is 0 Å². The maximum atomic E-state index is 13.1. The molecule has 0 fully saturated rings. The van der Waals surface area contributed by atoms with Gasteiger partial charge in [-0.3, -0.25) is 28.8 Å². The molecule has 0 radical (unpaired) electrons. The number of nitrogens with two attached hydrogens (primary N) is 1. The molecule has 0 heterocycles. The summed E-state index contributed by atoms with van der Waals surface area (Å²) in [6.45, 7) is -2.22. The summed E-state index contributed by atoms with van der Waals surface area (Å²) in [6.07, 6.45) is -0.676. The summed E-state index contributed by atoms with van der Waals surface area (Å²) in [7, 11) is 0. The van der Waals surface area contributed by atoms with Crippen molar-refractivity contribution < 1.29 is 38.3 Å². The first-order valence-electron chi connectivity index (χ1n) is 15.4. The first-order chi connectivity index (χ1) is 23.6. The third kappa shape index (κ3) is 10.9. The fourth-order valence-corrected chi connectivity index (χ4v) is 5.10. The summed E-state index contributed by atoms with van der Waals surface area (Å²) in [5.74, 6) is -4.29. The Hall–Kier alpha value is -6.25. The van der Waals surface area contributed by atoms with Crippen LogP contribution < -0.4 is 37.6 Å². The van der Waals surface area contributed by atoms with Gasteiger partial charge in [0.1, 0.15) is 12.6 Å². The minimum atomic E-state index is -1.08. The lowest BCUT2D eigenvalue weighted by Crippen LogP contribution is -2.51. The molecule has 0 spiro atoms. The molecule has 4 rings (SSSR count). The van der Waals surface area contributed by atoms with E-state index in [1.807, 2.05) is 54.6 Å². The first-order valence-corrected chi connectivity index (χ1v) is 15.4. The Morgan fingerprint density at radius 2 is 1.04 bits per heavy atom. The third-order valence-corrected chi connectivity index (χ3v) is 7.46. The molecule has 0 aliphatic heterocycles. The average molecular weight is 672 g/mol. The van der Waals surface area contributed by atoms with Crippen LogP contribution >= 0.6 is 0 Å². The molecule has 1 aliphatic carbocycles. The quantitative estimate of drug-likeness (QED) is 0.102. The number of hydrogen-bond acceptors (Lipinski definition) is 8. The normalized spacial score (nSPS) is 11.9. The maximum Gasteiger partial charge on any atom is 0.407 e. The standard InChI is InChI=1S/C34H37N7O8/c35-28(42)15-36-29(43)16-37-30(44)17-38-31(45)18-39-32(46)19-40-33(47)27(14-21-8-2-1-3-9-21)41-34(48)49-20-26-24-12-6-4-10-22(24)23-11-5-7-13-25(23)26/h1-13,26-27H,14-20H2,(H2,35,42)(H,36,43)(H,37,44)(H,38,45)(H,39,46)(H,40,47)(H,41,48)/t27-/m0/s1. The Morgan fingerprint density at radius 3 is 1.55 bits per heavy atom. The van der Waals surface area contributed by atoms with Crippen LogP contribution in [0.25, 0.3) is 11.1 Å². The molecule has 15 heteroatoms. The van der Waals surface area contributed by atoms with Crippen LogP contribution in [0.1, 0.15) is 22.6 Å². The molecular weight excluding hydrogens is 634 g/mol. The molecule has 1 atom stereocenters. The van der Waals surface area contributed by atoms with Gasteiger partial charge in [-0.1, -0.05) is 78.9 Å². The monoisotopic (exact) mass is 671 g/mol. The molecule has 3 aromatic carbocycles. The second kappa shape index (κ2) is 17.6. The van der Waals surface area contributed by atoms with Crippen LogP contribution in [0.4, 0.5) is 4.79 Å². The summed E-state index contributed by atoms with van der Waals surface area (Å²) in [5, 5.41) is 14.1. The van der Waals surface area contributed by atoms with Crippen molar-refractivity contribution in [1.82, 2.24) is 31.9 Å². The van der Waals surface area contributed by atoms with Crippen molar-refractivity contribution >= 4 is 41.5 Å². The number of alkyl carbamates (subject to hydrolysis) is 1. The van der Waals surface area contributed by atoms with Crippen LogP contribution in [0.3, 0.4) is 0 Å². The van der Waals surface area contributed by atoms with Gasteiger partial charge >= 0.3 is 6.09 Å². The van der Waals surface area contributed by atoms with Crippen LogP contribution in [0.2, 0.25) is 0 Å². The largest absolute Gasteiger partial charge is 0.449 e. The number of carbonyl (C=O) groups excluding carboxylic acids is 7. The van der Waals surface area contributed by atoms with Gasteiger partial charge in [-0.25, -0.2) is 4.79 Å². The number of amides is 7. The molecule has 1 aliphatic rings. The van der Waals surface area contributed by atoms with Crippen molar-refractivity contribution in [3.8, 4) is 11.1 Å². The van der Waals surface area contributed by atoms with E-state index in [0.717, 1.165) is 27.8 Å². The fourth-order valence-electron chi connectivity index (χ4n) is 5.10. The minimum absolute atomic E-state index is 0.0535. The number of ether oxygens (including phenoxy) is 1. The van der Waals surface area contributed by atoms with Crippen molar-refractivity contribution in [3.63, 3.8) is 0 Å². The van der Waals surface area contributed by atoms with E-state index < -0.39 is 73.8 Å². The van der Waals surface area contributed by atoms with E-state index >= 15 is 0 Å². The van der Waals surface area contributed by atoms with Gasteiger partial charge in [0.15, 0.2) is 0 Å². The van der Waals surface area contributed by atoms with Gasteiger partial charge in [-0.2, -0.15) is 0 Å². The summed E-state index contributed by atoms with van der Waals surface area (Å²) in [5.41, 5.74) is 9.92. The van der Waals surface area contributed by atoms with E-state index in [2.05, 4.69) is 31.9 Å². The molecule has 8 N–H and O–H groups in total. The van der Waals surface area contributed by atoms with Crippen LogP contribution in [-0.2, 0) is 39.9 Å². The lowest BCUT2D eigenvalue weighted by atomic mass is 9.98. The smallest absolute Gasteiger partial charge is 0.407 e. The summed E-state index contributed by atoms with van der Waals surface area (Å²) >= 11 is 0. The van der Waals surface area contributed by atoms with Gasteiger partial charge in [0.2, 0.25) is 35.4 Å². The van der Waals surface area contributed by atoms with E-state index in [-0.39, 0.29) is 25.5 Å². The molecule has 0 aromatic heterocycles. The van der Waals surface area contributed by atoms with Crippen LogP contribution in [0.15, 0.2) is 78.9 Å². The van der Waals surface area contributed by atoms with Gasteiger partial charge < -0.3 is 42.4 Å². The minimum Gasteiger partial charge on any atom is -0.449 e. The molecule has 0 unspecified atom stereocenters. The van der Waals surface area contributed by atoms with Gasteiger partial charge in [0, 0.05) is 12.3 Å². The second-order valence-corrected chi connectivity index (χ2v) is 11.0. The Kier molecular flexibility index (Phi) is 12.8. The molecule has 0 saturated carbocycles. The van der Waals surface area contributed by atoms with Gasteiger partial charge in [0.25, 0.3) is 0 Å². The van der Waals surface area contributed by atoms with E-state index in [1.165, 1.54) is 0 Å². The predicted molar refractivity (Wildman–Crippen MR) is 176 cm³/mol. The molecule has 7 amide bonds. The number of carbonyl (C=O) groups is 7. The third-order valence-electron chi connectivity index (χ3n) is 7.46. The molecule has 0 bridgehead atoms. The lowest BCUT2D eigenvalue weighted by Gasteiger charge is -2.20. The van der Waals surface area contributed by atoms with E-state index in [4.69, 9.17) is 10.5 Å². The molecule has 256 valence electrons. The SMILES string of the molecule is NC(=O)CNC(=O)CNC(=O)CNC(=O)CNC(=O)CNC(=O)[C@H](Cc1ccccc1)NC(=O)OCC1c2ccccc2-c2ccccc21. The highest BCUT2D eigenvalue weighted by atomic mass is 16.5. The van der Waals surface area contributed by atoms with E-state index in [9.17, 15) is 33.6 Å². The average Bonchev–Trinajstić information content (AvgIpc) is 3.43. The van der Waals surface area contributed by atoms with Crippen molar-refractivity contribution in [2.45, 2.75) is 18.4 Å². The summed E-state index contributed by atoms with van der Waals surface area (Å²) in [4.78, 5) is 84.5. The van der Waals surface area contributed by atoms with Crippen molar-refractivity contribution in [2.75, 3.05) is 39.3 Å². The number of benzene rings is 3.